The van der Waals surface area contributed by atoms with E-state index in [1.54, 1.807) is 12.1 Å². The molecule has 0 unspecified atom stereocenters. The topological polar surface area (TPSA) is 50.1 Å². The summed E-state index contributed by atoms with van der Waals surface area (Å²) in [5, 5.41) is 9.32. The van der Waals surface area contributed by atoms with E-state index in [1.165, 1.54) is 6.92 Å². The summed E-state index contributed by atoms with van der Waals surface area (Å²) in [4.78, 5) is 11.4. The Labute approximate surface area is 122 Å². The molecular formula is C16H12ClNO2. The average molecular weight is 286 g/mol. The molecule has 0 fully saturated rings. The van der Waals surface area contributed by atoms with Gasteiger partial charge in [0, 0.05) is 5.56 Å². The zero-order valence-electron chi connectivity index (χ0n) is 10.9. The maximum absolute atomic E-state index is 11.4. The number of halogens is 1. The van der Waals surface area contributed by atoms with Crippen molar-refractivity contribution in [2.45, 2.75) is 13.5 Å². The van der Waals surface area contributed by atoms with Gasteiger partial charge in [-0.1, -0.05) is 41.9 Å². The third-order valence-corrected chi connectivity index (χ3v) is 3.22. The van der Waals surface area contributed by atoms with Crippen molar-refractivity contribution in [1.29, 1.82) is 5.26 Å². The monoisotopic (exact) mass is 285 g/mol. The lowest BCUT2D eigenvalue weighted by Gasteiger charge is -2.10. The summed E-state index contributed by atoms with van der Waals surface area (Å²) >= 11 is 6.07. The highest BCUT2D eigenvalue weighted by Crippen LogP contribution is 2.30. The number of ether oxygens (including phenoxy) is 1. The van der Waals surface area contributed by atoms with Crippen molar-refractivity contribution in [3.8, 4) is 11.8 Å². The molecule has 0 radical (unpaired) electrons. The SMILES string of the molecule is CC(=O)c1ccc(OCc2ccccc2)c(C#N)c1Cl. The maximum atomic E-state index is 11.4. The van der Waals surface area contributed by atoms with E-state index in [-0.39, 0.29) is 16.4 Å². The van der Waals surface area contributed by atoms with Crippen LogP contribution < -0.4 is 4.74 Å². The second-order valence-corrected chi connectivity index (χ2v) is 4.62. The number of carbonyl (C=O) groups is 1. The third kappa shape index (κ3) is 2.98. The second-order valence-electron chi connectivity index (χ2n) is 4.24. The largest absolute Gasteiger partial charge is 0.487 e. The first-order valence-electron chi connectivity index (χ1n) is 6.03. The third-order valence-electron chi connectivity index (χ3n) is 2.83. The zero-order valence-corrected chi connectivity index (χ0v) is 11.6. The summed E-state index contributed by atoms with van der Waals surface area (Å²) in [5.41, 5.74) is 1.51. The second kappa shape index (κ2) is 6.23. The number of rotatable bonds is 4. The number of nitrogens with zero attached hydrogens (tertiary/aromatic N) is 1. The van der Waals surface area contributed by atoms with Crippen LogP contribution in [-0.4, -0.2) is 5.78 Å². The van der Waals surface area contributed by atoms with E-state index in [0.29, 0.717) is 17.9 Å². The standard InChI is InChI=1S/C16H12ClNO2/c1-11(19)13-7-8-15(14(9-18)16(13)17)20-10-12-5-3-2-4-6-12/h2-8H,10H2,1H3. The minimum absolute atomic E-state index is 0.144. The molecule has 20 heavy (non-hydrogen) atoms. The maximum Gasteiger partial charge on any atom is 0.161 e. The Morgan fingerprint density at radius 3 is 2.55 bits per heavy atom. The van der Waals surface area contributed by atoms with E-state index >= 15 is 0 Å². The first-order chi connectivity index (χ1) is 9.63. The van der Waals surface area contributed by atoms with Crippen molar-refractivity contribution in [3.05, 3.63) is 64.2 Å². The number of benzene rings is 2. The van der Waals surface area contributed by atoms with Gasteiger partial charge in [-0.05, 0) is 24.6 Å². The molecule has 0 bridgehead atoms. The quantitative estimate of drug-likeness (QED) is 0.798. The van der Waals surface area contributed by atoms with Crippen molar-refractivity contribution >= 4 is 17.4 Å². The fraction of sp³-hybridized carbons (Fsp3) is 0.125. The molecule has 2 aromatic carbocycles. The Hall–Kier alpha value is -2.31. The molecule has 4 heteroatoms. The Morgan fingerprint density at radius 1 is 1.25 bits per heavy atom. The summed E-state index contributed by atoms with van der Waals surface area (Å²) in [6, 6.07) is 14.8. The van der Waals surface area contributed by atoms with Crippen molar-refractivity contribution < 1.29 is 9.53 Å². The molecule has 0 aliphatic rings. The zero-order chi connectivity index (χ0) is 14.5. The number of nitriles is 1. The summed E-state index contributed by atoms with van der Waals surface area (Å²) in [5.74, 6) is 0.201. The number of ketones is 1. The van der Waals surface area contributed by atoms with Crippen LogP contribution in [0.25, 0.3) is 0 Å². The molecule has 0 amide bonds. The Balaban J connectivity index is 2.27. The molecule has 100 valence electrons. The molecule has 0 spiro atoms. The number of hydrogen-bond acceptors (Lipinski definition) is 3. The van der Waals surface area contributed by atoms with Gasteiger partial charge in [0.05, 0.1) is 5.02 Å². The van der Waals surface area contributed by atoms with Crippen LogP contribution in [0.4, 0.5) is 0 Å². The fourth-order valence-electron chi connectivity index (χ4n) is 1.79. The fourth-order valence-corrected chi connectivity index (χ4v) is 2.12. The number of Topliss-reactive ketones (excluding diaryl/α,β-unsaturated/α-hetero) is 1. The van der Waals surface area contributed by atoms with Gasteiger partial charge in [-0.25, -0.2) is 0 Å². The van der Waals surface area contributed by atoms with Gasteiger partial charge in [-0.3, -0.25) is 4.79 Å². The predicted octanol–water partition coefficient (Wildman–Crippen LogP) is 3.99. The van der Waals surface area contributed by atoms with Crippen molar-refractivity contribution in [2.75, 3.05) is 0 Å². The first-order valence-corrected chi connectivity index (χ1v) is 6.41. The van der Waals surface area contributed by atoms with Crippen molar-refractivity contribution in [3.63, 3.8) is 0 Å². The van der Waals surface area contributed by atoms with E-state index in [0.717, 1.165) is 5.56 Å². The van der Waals surface area contributed by atoms with E-state index in [9.17, 15) is 10.1 Å². The molecular weight excluding hydrogens is 274 g/mol. The van der Waals surface area contributed by atoms with Gasteiger partial charge in [-0.2, -0.15) is 5.26 Å². The minimum atomic E-state index is -0.180. The van der Waals surface area contributed by atoms with Crippen LogP contribution in [0, 0.1) is 11.3 Å². The average Bonchev–Trinajstić information content (AvgIpc) is 2.45. The minimum Gasteiger partial charge on any atom is -0.487 e. The van der Waals surface area contributed by atoms with Gasteiger partial charge in [0.15, 0.2) is 5.78 Å². The summed E-state index contributed by atoms with van der Waals surface area (Å²) in [6.07, 6.45) is 0. The van der Waals surface area contributed by atoms with E-state index in [4.69, 9.17) is 16.3 Å². The highest BCUT2D eigenvalue weighted by molar-refractivity contribution is 6.35. The van der Waals surface area contributed by atoms with Crippen LogP contribution in [0.2, 0.25) is 5.02 Å². The van der Waals surface area contributed by atoms with Crippen LogP contribution in [-0.2, 0) is 6.61 Å². The van der Waals surface area contributed by atoms with Gasteiger partial charge in [0.2, 0.25) is 0 Å². The predicted molar refractivity (Wildman–Crippen MR) is 76.9 cm³/mol. The van der Waals surface area contributed by atoms with Crippen LogP contribution >= 0.6 is 11.6 Å². The van der Waals surface area contributed by atoms with E-state index in [1.807, 2.05) is 36.4 Å². The van der Waals surface area contributed by atoms with Gasteiger partial charge >= 0.3 is 0 Å². The molecule has 0 saturated heterocycles. The van der Waals surface area contributed by atoms with E-state index in [2.05, 4.69) is 0 Å². The molecule has 0 aromatic heterocycles. The molecule has 0 N–H and O–H groups in total. The van der Waals surface area contributed by atoms with Gasteiger partial charge in [0.25, 0.3) is 0 Å². The highest BCUT2D eigenvalue weighted by atomic mass is 35.5. The molecule has 3 nitrogen and oxygen atoms in total. The van der Waals surface area contributed by atoms with Gasteiger partial charge in [0.1, 0.15) is 24.0 Å². The van der Waals surface area contributed by atoms with Crippen LogP contribution in [0.5, 0.6) is 5.75 Å². The number of carbonyl (C=O) groups excluding carboxylic acids is 1. The first kappa shape index (κ1) is 14.1. The lowest BCUT2D eigenvalue weighted by molar-refractivity contribution is 0.101. The van der Waals surface area contributed by atoms with Crippen molar-refractivity contribution in [2.24, 2.45) is 0 Å². The molecule has 0 saturated carbocycles. The Bertz CT molecular complexity index is 675. The molecule has 0 heterocycles. The highest BCUT2D eigenvalue weighted by Gasteiger charge is 2.15. The Kier molecular flexibility index (Phi) is 4.39. The number of hydrogen-bond donors (Lipinski definition) is 0. The summed E-state index contributed by atoms with van der Waals surface area (Å²) in [6.45, 7) is 1.75. The Morgan fingerprint density at radius 2 is 1.95 bits per heavy atom. The van der Waals surface area contributed by atoms with E-state index < -0.39 is 0 Å². The lowest BCUT2D eigenvalue weighted by Crippen LogP contribution is -2.01. The molecule has 2 rings (SSSR count). The van der Waals surface area contributed by atoms with Crippen LogP contribution in [0.1, 0.15) is 28.4 Å². The smallest absolute Gasteiger partial charge is 0.161 e. The summed E-state index contributed by atoms with van der Waals surface area (Å²) < 4.78 is 5.61. The molecule has 0 aliphatic heterocycles. The van der Waals surface area contributed by atoms with Crippen LogP contribution in [0.3, 0.4) is 0 Å². The van der Waals surface area contributed by atoms with Crippen molar-refractivity contribution in [1.82, 2.24) is 0 Å². The molecule has 2 aromatic rings. The van der Waals surface area contributed by atoms with Gasteiger partial charge < -0.3 is 4.74 Å². The molecule has 0 atom stereocenters. The summed E-state index contributed by atoms with van der Waals surface area (Å²) in [7, 11) is 0. The van der Waals surface area contributed by atoms with Crippen LogP contribution in [0.15, 0.2) is 42.5 Å². The normalized spacial score (nSPS) is 9.85. The lowest BCUT2D eigenvalue weighted by atomic mass is 10.1. The van der Waals surface area contributed by atoms with Gasteiger partial charge in [-0.15, -0.1) is 0 Å². The molecule has 0 aliphatic carbocycles.